The van der Waals surface area contributed by atoms with E-state index in [1.807, 2.05) is 13.8 Å². The highest BCUT2D eigenvalue weighted by Crippen LogP contribution is 2.44. The van der Waals surface area contributed by atoms with Gasteiger partial charge < -0.3 is 4.57 Å². The molecular formula is C41H29N5. The minimum absolute atomic E-state index is 0.627. The van der Waals surface area contributed by atoms with Crippen molar-refractivity contribution in [3.8, 4) is 33.9 Å². The Morgan fingerprint density at radius 2 is 0.935 bits per heavy atom. The molecule has 3 heterocycles. The molecule has 5 nitrogen and oxygen atoms in total. The second kappa shape index (κ2) is 10.2. The lowest BCUT2D eigenvalue weighted by Crippen LogP contribution is -2.07. The molecule has 0 fully saturated rings. The van der Waals surface area contributed by atoms with Crippen molar-refractivity contribution in [3.05, 3.63) is 151 Å². The SMILES string of the molecule is Cc1nc(C)nc(-n2c3ccccc3c3ccc4c5ccccc5n(-c5cccc(-c6ccccc6)c5-c5ccccc5)c4c32)n1. The van der Waals surface area contributed by atoms with E-state index >= 15 is 0 Å². The molecule has 0 bridgehead atoms. The van der Waals surface area contributed by atoms with Gasteiger partial charge in [0, 0.05) is 27.1 Å². The molecule has 0 saturated carbocycles. The quantitative estimate of drug-likeness (QED) is 0.205. The van der Waals surface area contributed by atoms with Gasteiger partial charge in [0.05, 0.1) is 27.8 Å². The molecule has 5 heteroatoms. The van der Waals surface area contributed by atoms with Gasteiger partial charge in [0.25, 0.3) is 0 Å². The van der Waals surface area contributed by atoms with E-state index in [0.717, 1.165) is 38.5 Å². The highest BCUT2D eigenvalue weighted by Gasteiger charge is 2.24. The molecule has 46 heavy (non-hydrogen) atoms. The summed E-state index contributed by atoms with van der Waals surface area (Å²) in [5.74, 6) is 2.02. The first kappa shape index (κ1) is 26.3. The first-order valence-electron chi connectivity index (χ1n) is 15.6. The maximum absolute atomic E-state index is 4.89. The van der Waals surface area contributed by atoms with Crippen LogP contribution in [-0.2, 0) is 0 Å². The van der Waals surface area contributed by atoms with Gasteiger partial charge in [0.15, 0.2) is 0 Å². The first-order chi connectivity index (χ1) is 22.7. The van der Waals surface area contributed by atoms with Crippen LogP contribution in [0.4, 0.5) is 0 Å². The van der Waals surface area contributed by atoms with Gasteiger partial charge in [-0.2, -0.15) is 9.97 Å². The number of hydrogen-bond donors (Lipinski definition) is 0. The Bertz CT molecular complexity index is 2570. The van der Waals surface area contributed by atoms with Gasteiger partial charge in [-0.3, -0.25) is 4.57 Å². The van der Waals surface area contributed by atoms with Crippen LogP contribution in [0.25, 0.3) is 77.5 Å². The maximum Gasteiger partial charge on any atom is 0.238 e. The Balaban J connectivity index is 1.52. The van der Waals surface area contributed by atoms with Crippen molar-refractivity contribution in [1.82, 2.24) is 24.1 Å². The van der Waals surface area contributed by atoms with Gasteiger partial charge >= 0.3 is 0 Å². The van der Waals surface area contributed by atoms with Crippen molar-refractivity contribution >= 4 is 43.6 Å². The molecule has 9 rings (SSSR count). The summed E-state index contributed by atoms with van der Waals surface area (Å²) in [5.41, 5.74) is 10.2. The minimum atomic E-state index is 0.627. The summed E-state index contributed by atoms with van der Waals surface area (Å²) in [6, 6.07) is 49.9. The molecule has 0 aliphatic carbocycles. The Morgan fingerprint density at radius 1 is 0.413 bits per heavy atom. The predicted molar refractivity (Wildman–Crippen MR) is 189 cm³/mol. The zero-order chi connectivity index (χ0) is 30.8. The third-order valence-corrected chi connectivity index (χ3v) is 8.95. The molecule has 218 valence electrons. The van der Waals surface area contributed by atoms with Crippen LogP contribution in [0.2, 0.25) is 0 Å². The van der Waals surface area contributed by atoms with Crippen molar-refractivity contribution in [2.75, 3.05) is 0 Å². The molecular weight excluding hydrogens is 562 g/mol. The predicted octanol–water partition coefficient (Wildman–Crippen LogP) is 10.0. The average molecular weight is 592 g/mol. The number of hydrogen-bond acceptors (Lipinski definition) is 3. The van der Waals surface area contributed by atoms with Gasteiger partial charge in [0.1, 0.15) is 11.6 Å². The van der Waals surface area contributed by atoms with E-state index < -0.39 is 0 Å². The number of nitrogens with zero attached hydrogens (tertiary/aromatic N) is 5. The topological polar surface area (TPSA) is 48.5 Å². The lowest BCUT2D eigenvalue weighted by molar-refractivity contribution is 0.864. The Morgan fingerprint density at radius 3 is 1.57 bits per heavy atom. The zero-order valence-corrected chi connectivity index (χ0v) is 25.5. The highest BCUT2D eigenvalue weighted by atomic mass is 15.2. The van der Waals surface area contributed by atoms with Crippen molar-refractivity contribution in [3.63, 3.8) is 0 Å². The zero-order valence-electron chi connectivity index (χ0n) is 25.5. The van der Waals surface area contributed by atoms with Gasteiger partial charge in [-0.25, -0.2) is 4.98 Å². The second-order valence-corrected chi connectivity index (χ2v) is 11.7. The molecule has 0 unspecified atom stereocenters. The van der Waals surface area contributed by atoms with Gasteiger partial charge in [-0.1, -0.05) is 121 Å². The second-order valence-electron chi connectivity index (χ2n) is 11.7. The van der Waals surface area contributed by atoms with Crippen molar-refractivity contribution in [2.24, 2.45) is 0 Å². The van der Waals surface area contributed by atoms with Crippen LogP contribution in [0.15, 0.2) is 140 Å². The highest BCUT2D eigenvalue weighted by molar-refractivity contribution is 6.24. The summed E-state index contributed by atoms with van der Waals surface area (Å²) in [4.78, 5) is 14.3. The summed E-state index contributed by atoms with van der Waals surface area (Å²) in [6.07, 6.45) is 0. The summed E-state index contributed by atoms with van der Waals surface area (Å²) in [5, 5.41) is 4.69. The fourth-order valence-electron chi connectivity index (χ4n) is 7.15. The largest absolute Gasteiger partial charge is 0.307 e. The lowest BCUT2D eigenvalue weighted by atomic mass is 9.93. The van der Waals surface area contributed by atoms with Crippen LogP contribution in [0, 0.1) is 13.8 Å². The van der Waals surface area contributed by atoms with Crippen molar-refractivity contribution in [2.45, 2.75) is 13.8 Å². The van der Waals surface area contributed by atoms with Gasteiger partial charge in [-0.15, -0.1) is 0 Å². The van der Waals surface area contributed by atoms with E-state index in [-0.39, 0.29) is 0 Å². The third kappa shape index (κ3) is 3.92. The molecule has 0 N–H and O–H groups in total. The van der Waals surface area contributed by atoms with Gasteiger partial charge in [0.2, 0.25) is 5.95 Å². The minimum Gasteiger partial charge on any atom is -0.307 e. The number of aryl methyl sites for hydroxylation is 2. The molecule has 0 aliphatic heterocycles. The lowest BCUT2D eigenvalue weighted by Gasteiger charge is -2.19. The number of fused-ring (bicyclic) bond motifs is 7. The summed E-state index contributed by atoms with van der Waals surface area (Å²) in [7, 11) is 0. The summed E-state index contributed by atoms with van der Waals surface area (Å²) < 4.78 is 4.69. The van der Waals surface area contributed by atoms with Crippen LogP contribution < -0.4 is 0 Å². The van der Waals surface area contributed by atoms with Crippen LogP contribution in [0.3, 0.4) is 0 Å². The van der Waals surface area contributed by atoms with Crippen LogP contribution >= 0.6 is 0 Å². The number of para-hydroxylation sites is 2. The fourth-order valence-corrected chi connectivity index (χ4v) is 7.15. The van der Waals surface area contributed by atoms with E-state index in [1.54, 1.807) is 0 Å². The standard InChI is InChI=1S/C41H29N5/c1-26-42-27(2)44-41(43-26)46-36-22-12-10-19-32(36)34-25-24-33-31-18-9-11-21-35(31)45(39(33)40(34)46)37-23-13-20-30(28-14-5-3-6-15-28)38(37)29-16-7-4-8-17-29/h3-25H,1-2H3. The Kier molecular flexibility index (Phi) is 5.87. The monoisotopic (exact) mass is 591 g/mol. The van der Waals surface area contributed by atoms with E-state index in [2.05, 4.69) is 154 Å². The summed E-state index contributed by atoms with van der Waals surface area (Å²) >= 11 is 0. The Hall–Kier alpha value is -6.07. The molecule has 0 amide bonds. The Labute approximate surface area is 266 Å². The normalized spacial score (nSPS) is 11.7. The number of benzene rings is 6. The van der Waals surface area contributed by atoms with E-state index in [0.29, 0.717) is 17.6 Å². The molecule has 0 saturated heterocycles. The van der Waals surface area contributed by atoms with Gasteiger partial charge in [-0.05, 0) is 48.7 Å². The van der Waals surface area contributed by atoms with Crippen LogP contribution in [0.1, 0.15) is 11.6 Å². The van der Waals surface area contributed by atoms with E-state index in [4.69, 9.17) is 9.97 Å². The molecule has 0 radical (unpaired) electrons. The molecule has 0 aliphatic rings. The average Bonchev–Trinajstić information content (AvgIpc) is 3.61. The number of aromatic nitrogens is 5. The van der Waals surface area contributed by atoms with Crippen LogP contribution in [-0.4, -0.2) is 24.1 Å². The molecule has 9 aromatic rings. The first-order valence-corrected chi connectivity index (χ1v) is 15.6. The fraction of sp³-hybridized carbons (Fsp3) is 0.0488. The van der Waals surface area contributed by atoms with Crippen molar-refractivity contribution < 1.29 is 0 Å². The number of rotatable bonds is 4. The van der Waals surface area contributed by atoms with Crippen LogP contribution in [0.5, 0.6) is 0 Å². The third-order valence-electron chi connectivity index (χ3n) is 8.95. The maximum atomic E-state index is 4.89. The molecule has 3 aromatic heterocycles. The molecule has 6 aromatic carbocycles. The van der Waals surface area contributed by atoms with E-state index in [1.165, 1.54) is 33.0 Å². The van der Waals surface area contributed by atoms with Crippen molar-refractivity contribution in [1.29, 1.82) is 0 Å². The smallest absolute Gasteiger partial charge is 0.238 e. The molecule has 0 atom stereocenters. The molecule has 0 spiro atoms. The summed E-state index contributed by atoms with van der Waals surface area (Å²) in [6.45, 7) is 3.86. The van der Waals surface area contributed by atoms with E-state index in [9.17, 15) is 0 Å².